The zero-order chi connectivity index (χ0) is 12.5. The lowest BCUT2D eigenvalue weighted by atomic mass is 10.1. The van der Waals surface area contributed by atoms with Crippen molar-refractivity contribution in [3.05, 3.63) is 26.8 Å². The molecule has 0 bridgehead atoms. The Morgan fingerprint density at radius 1 is 1.50 bits per heavy atom. The number of rotatable bonds is 2. The first-order valence-electron chi connectivity index (χ1n) is 4.33. The predicted octanol–water partition coefficient (Wildman–Crippen LogP) is 2.77. The van der Waals surface area contributed by atoms with Crippen LogP contribution in [0.4, 0.5) is 14.5 Å². The van der Waals surface area contributed by atoms with Crippen molar-refractivity contribution >= 4 is 34.2 Å². The number of ether oxygens (including phenoxy) is 1. The summed E-state index contributed by atoms with van der Waals surface area (Å²) in [4.78, 5) is 11.3. The molecule has 0 amide bonds. The lowest BCUT2D eigenvalue weighted by molar-refractivity contribution is 0.0165. The Bertz CT molecular complexity index is 430. The van der Waals surface area contributed by atoms with Gasteiger partial charge in [-0.05, 0) is 34.7 Å². The molecule has 88 valence electrons. The summed E-state index contributed by atoms with van der Waals surface area (Å²) < 4.78 is 31.0. The van der Waals surface area contributed by atoms with Crippen molar-refractivity contribution in [1.82, 2.24) is 0 Å². The molecule has 16 heavy (non-hydrogen) atoms. The molecule has 0 unspecified atom stereocenters. The maximum atomic E-state index is 13.1. The van der Waals surface area contributed by atoms with Crippen LogP contribution in [0, 0.1) is 3.57 Å². The largest absolute Gasteiger partial charge is 0.465 e. The van der Waals surface area contributed by atoms with Gasteiger partial charge in [-0.15, -0.1) is 0 Å². The van der Waals surface area contributed by atoms with Crippen molar-refractivity contribution in [1.29, 1.82) is 0 Å². The van der Waals surface area contributed by atoms with E-state index in [0.29, 0.717) is 0 Å². The molecule has 2 N–H and O–H groups in total. The van der Waals surface area contributed by atoms with E-state index in [-0.39, 0.29) is 20.4 Å². The van der Waals surface area contributed by atoms with Crippen LogP contribution in [0.2, 0.25) is 0 Å². The van der Waals surface area contributed by atoms with Crippen LogP contribution in [0.25, 0.3) is 0 Å². The van der Waals surface area contributed by atoms with Crippen LogP contribution >= 0.6 is 22.6 Å². The molecule has 0 heterocycles. The van der Waals surface area contributed by atoms with E-state index in [1.165, 1.54) is 13.2 Å². The summed E-state index contributed by atoms with van der Waals surface area (Å²) in [5.41, 5.74) is 5.42. The van der Waals surface area contributed by atoms with Crippen LogP contribution in [0.15, 0.2) is 12.1 Å². The van der Waals surface area contributed by atoms with E-state index in [1.807, 2.05) is 0 Å². The van der Waals surface area contributed by atoms with Crippen molar-refractivity contribution in [2.75, 3.05) is 12.8 Å². The molecular weight excluding hydrogens is 331 g/mol. The summed E-state index contributed by atoms with van der Waals surface area (Å²) in [7, 11) is 1.21. The Morgan fingerprint density at radius 2 is 2.06 bits per heavy atom. The quantitative estimate of drug-likeness (QED) is 0.511. The zero-order valence-electron chi connectivity index (χ0n) is 8.68. The van der Waals surface area contributed by atoms with Crippen molar-refractivity contribution in [3.8, 4) is 0 Å². The standard InChI is InChI=1S/C10H10F2INO2/c1-10(11,12)6-4-8(14)5(3-7(6)13)9(15)16-2/h3-4H,14H2,1-2H3. The molecule has 0 radical (unpaired) electrons. The molecule has 3 nitrogen and oxygen atoms in total. The summed E-state index contributed by atoms with van der Waals surface area (Å²) in [5.74, 6) is -3.62. The molecule has 0 spiro atoms. The van der Waals surface area contributed by atoms with Crippen LogP contribution in [0.1, 0.15) is 22.8 Å². The normalized spacial score (nSPS) is 11.3. The van der Waals surface area contributed by atoms with Gasteiger partial charge in [-0.1, -0.05) is 0 Å². The molecule has 0 atom stereocenters. The highest BCUT2D eigenvalue weighted by Crippen LogP contribution is 2.33. The molecule has 0 saturated heterocycles. The second-order valence-corrected chi connectivity index (χ2v) is 4.46. The lowest BCUT2D eigenvalue weighted by Crippen LogP contribution is -2.13. The highest BCUT2D eigenvalue weighted by molar-refractivity contribution is 14.1. The molecule has 1 rings (SSSR count). The summed E-state index contributed by atoms with van der Waals surface area (Å²) >= 11 is 1.73. The molecule has 0 fully saturated rings. The second-order valence-electron chi connectivity index (χ2n) is 3.30. The summed E-state index contributed by atoms with van der Waals surface area (Å²) in [6, 6.07) is 2.41. The van der Waals surface area contributed by atoms with Crippen LogP contribution in [-0.2, 0) is 10.7 Å². The number of alkyl halides is 2. The zero-order valence-corrected chi connectivity index (χ0v) is 10.8. The molecule has 0 aliphatic rings. The summed E-state index contributed by atoms with van der Waals surface area (Å²) in [6.45, 7) is 0.780. The van der Waals surface area contributed by atoms with Gasteiger partial charge in [0.05, 0.1) is 12.7 Å². The van der Waals surface area contributed by atoms with Crippen LogP contribution in [-0.4, -0.2) is 13.1 Å². The summed E-state index contributed by atoms with van der Waals surface area (Å²) in [5, 5.41) is 0. The highest BCUT2D eigenvalue weighted by atomic mass is 127. The van der Waals surface area contributed by atoms with Crippen LogP contribution in [0.3, 0.4) is 0 Å². The van der Waals surface area contributed by atoms with Gasteiger partial charge in [0, 0.05) is 21.7 Å². The Morgan fingerprint density at radius 3 is 2.50 bits per heavy atom. The Balaban J connectivity index is 3.33. The molecular formula is C10H10F2INO2. The van der Waals surface area contributed by atoms with Crippen LogP contribution < -0.4 is 5.73 Å². The molecule has 0 aromatic heterocycles. The lowest BCUT2D eigenvalue weighted by Gasteiger charge is -2.15. The Hall–Kier alpha value is -0.920. The number of nitrogens with two attached hydrogens (primary N) is 1. The highest BCUT2D eigenvalue weighted by Gasteiger charge is 2.28. The fraction of sp³-hybridized carbons (Fsp3) is 0.300. The number of anilines is 1. The average molecular weight is 341 g/mol. The number of carbonyl (C=O) groups is 1. The molecule has 1 aromatic rings. The fourth-order valence-electron chi connectivity index (χ4n) is 1.21. The molecule has 0 saturated carbocycles. The third kappa shape index (κ3) is 2.60. The minimum Gasteiger partial charge on any atom is -0.465 e. The van der Waals surface area contributed by atoms with E-state index >= 15 is 0 Å². The first-order valence-corrected chi connectivity index (χ1v) is 5.41. The third-order valence-electron chi connectivity index (χ3n) is 2.02. The number of hydrogen-bond donors (Lipinski definition) is 1. The molecule has 0 aliphatic heterocycles. The predicted molar refractivity (Wildman–Crippen MR) is 64.5 cm³/mol. The topological polar surface area (TPSA) is 52.3 Å². The van der Waals surface area contributed by atoms with Crippen molar-refractivity contribution in [2.45, 2.75) is 12.8 Å². The average Bonchev–Trinajstić information content (AvgIpc) is 2.18. The van der Waals surface area contributed by atoms with Gasteiger partial charge in [-0.3, -0.25) is 0 Å². The van der Waals surface area contributed by atoms with Gasteiger partial charge in [0.25, 0.3) is 5.92 Å². The summed E-state index contributed by atoms with van der Waals surface area (Å²) in [6.07, 6.45) is 0. The van der Waals surface area contributed by atoms with Crippen molar-refractivity contribution < 1.29 is 18.3 Å². The van der Waals surface area contributed by atoms with Gasteiger partial charge < -0.3 is 10.5 Å². The van der Waals surface area contributed by atoms with Gasteiger partial charge in [-0.2, -0.15) is 0 Å². The minimum atomic E-state index is -2.99. The van der Waals surface area contributed by atoms with E-state index in [1.54, 1.807) is 22.6 Å². The van der Waals surface area contributed by atoms with Gasteiger partial charge >= 0.3 is 5.97 Å². The molecule has 6 heteroatoms. The number of hydrogen-bond acceptors (Lipinski definition) is 3. The monoisotopic (exact) mass is 341 g/mol. The van der Waals surface area contributed by atoms with E-state index in [9.17, 15) is 13.6 Å². The SMILES string of the molecule is COC(=O)c1cc(I)c(C(C)(F)F)cc1N. The maximum Gasteiger partial charge on any atom is 0.339 e. The van der Waals surface area contributed by atoms with Crippen molar-refractivity contribution in [3.63, 3.8) is 0 Å². The van der Waals surface area contributed by atoms with Crippen LogP contribution in [0.5, 0.6) is 0 Å². The van der Waals surface area contributed by atoms with Gasteiger partial charge in [0.1, 0.15) is 0 Å². The Labute approximate surface area is 105 Å². The second kappa shape index (κ2) is 4.52. The minimum absolute atomic E-state index is 0.0104. The van der Waals surface area contributed by atoms with Gasteiger partial charge in [0.15, 0.2) is 0 Å². The number of methoxy groups -OCH3 is 1. The van der Waals surface area contributed by atoms with Crippen molar-refractivity contribution in [2.24, 2.45) is 0 Å². The number of carbonyl (C=O) groups excluding carboxylic acids is 1. The van der Waals surface area contributed by atoms with E-state index in [0.717, 1.165) is 13.0 Å². The van der Waals surface area contributed by atoms with E-state index in [4.69, 9.17) is 5.73 Å². The number of esters is 1. The molecule has 1 aromatic carbocycles. The Kier molecular flexibility index (Phi) is 3.72. The third-order valence-corrected chi connectivity index (χ3v) is 2.91. The fourth-order valence-corrected chi connectivity index (χ4v) is 2.15. The van der Waals surface area contributed by atoms with E-state index < -0.39 is 11.9 Å². The molecule has 0 aliphatic carbocycles. The van der Waals surface area contributed by atoms with Gasteiger partial charge in [-0.25, -0.2) is 13.6 Å². The number of benzene rings is 1. The smallest absolute Gasteiger partial charge is 0.339 e. The first kappa shape index (κ1) is 13.1. The van der Waals surface area contributed by atoms with Gasteiger partial charge in [0.2, 0.25) is 0 Å². The number of nitrogen functional groups attached to an aromatic ring is 1. The maximum absolute atomic E-state index is 13.1. The van der Waals surface area contributed by atoms with E-state index in [2.05, 4.69) is 4.74 Å². The first-order chi connectivity index (χ1) is 7.27. The number of halogens is 3.